The average molecular weight is 504 g/mol. The molecule has 0 aliphatic carbocycles. The Morgan fingerprint density at radius 3 is 2.36 bits per heavy atom. The number of benzene rings is 2. The van der Waals surface area contributed by atoms with E-state index in [2.05, 4.69) is 10.4 Å². The zero-order valence-electron chi connectivity index (χ0n) is 17.0. The smallest absolute Gasteiger partial charge is 0.269 e. The van der Waals surface area contributed by atoms with Gasteiger partial charge in [0, 0.05) is 35.3 Å². The Kier molecular flexibility index (Phi) is 6.15. The van der Waals surface area contributed by atoms with Crippen LogP contribution in [0.1, 0.15) is 5.56 Å². The molecule has 1 aliphatic heterocycles. The predicted octanol–water partition coefficient (Wildman–Crippen LogP) is 3.91. The van der Waals surface area contributed by atoms with Crippen molar-refractivity contribution in [3.8, 4) is 11.3 Å². The maximum Gasteiger partial charge on any atom is 0.269 e. The van der Waals surface area contributed by atoms with Crippen LogP contribution in [0, 0.1) is 16.0 Å². The van der Waals surface area contributed by atoms with E-state index in [1.165, 1.54) is 33.8 Å². The van der Waals surface area contributed by atoms with E-state index in [1.807, 2.05) is 0 Å². The molecular weight excluding hydrogens is 489 g/mol. The minimum atomic E-state index is -1.12. The van der Waals surface area contributed by atoms with Crippen molar-refractivity contribution in [2.24, 2.45) is 13.0 Å². The fraction of sp³-hybridized carbons (Fsp3) is 0.143. The van der Waals surface area contributed by atoms with Gasteiger partial charge in [0.15, 0.2) is 5.11 Å². The number of anilines is 1. The lowest BCUT2D eigenvalue weighted by molar-refractivity contribution is -0.384. The Bertz CT molecular complexity index is 1290. The third-order valence-corrected chi connectivity index (χ3v) is 6.19. The Hall–Kier alpha value is -3.34. The summed E-state index contributed by atoms with van der Waals surface area (Å²) in [5.41, 5.74) is 1.84. The van der Waals surface area contributed by atoms with E-state index >= 15 is 0 Å². The summed E-state index contributed by atoms with van der Waals surface area (Å²) < 4.78 is 1.42. The first-order valence-corrected chi connectivity index (χ1v) is 10.7. The summed E-state index contributed by atoms with van der Waals surface area (Å²) in [5, 5.41) is 18.6. The molecule has 1 aromatic heterocycles. The third-order valence-electron chi connectivity index (χ3n) is 5.18. The number of nitrogens with one attached hydrogen (secondary N) is 1. The Balaban J connectivity index is 1.70. The van der Waals surface area contributed by atoms with Gasteiger partial charge in [0.1, 0.15) is 11.1 Å². The normalized spacial score (nSPS) is 16.2. The van der Waals surface area contributed by atoms with E-state index in [-0.39, 0.29) is 22.4 Å². The van der Waals surface area contributed by atoms with E-state index in [0.29, 0.717) is 27.5 Å². The molecule has 2 heterocycles. The van der Waals surface area contributed by atoms with Crippen molar-refractivity contribution in [3.63, 3.8) is 0 Å². The second-order valence-electron chi connectivity index (χ2n) is 7.25. The van der Waals surface area contributed by atoms with Gasteiger partial charge in [0.05, 0.1) is 16.3 Å². The molecule has 1 atom stereocenters. The highest BCUT2D eigenvalue weighted by molar-refractivity contribution is 7.80. The quantitative estimate of drug-likeness (QED) is 0.244. The highest BCUT2D eigenvalue weighted by atomic mass is 35.5. The van der Waals surface area contributed by atoms with Crippen LogP contribution in [0.4, 0.5) is 11.4 Å². The second-order valence-corrected chi connectivity index (χ2v) is 8.43. The van der Waals surface area contributed by atoms with E-state index in [9.17, 15) is 19.7 Å². The van der Waals surface area contributed by atoms with Gasteiger partial charge in [0.2, 0.25) is 11.8 Å². The highest BCUT2D eigenvalue weighted by Gasteiger charge is 2.40. The maximum atomic E-state index is 13.3. The van der Waals surface area contributed by atoms with Crippen LogP contribution >= 0.6 is 35.4 Å². The number of amides is 2. The van der Waals surface area contributed by atoms with Gasteiger partial charge in [-0.25, -0.2) is 0 Å². The number of nitro groups is 1. The van der Waals surface area contributed by atoms with Gasteiger partial charge in [0.25, 0.3) is 5.69 Å². The summed E-state index contributed by atoms with van der Waals surface area (Å²) in [6, 6.07) is 12.3. The predicted molar refractivity (Wildman–Crippen MR) is 127 cm³/mol. The summed E-state index contributed by atoms with van der Waals surface area (Å²) in [4.78, 5) is 37.7. The van der Waals surface area contributed by atoms with Crippen molar-refractivity contribution in [1.82, 2.24) is 15.1 Å². The zero-order chi connectivity index (χ0) is 23.9. The molecule has 0 spiro atoms. The van der Waals surface area contributed by atoms with Crippen LogP contribution < -0.4 is 10.2 Å². The third kappa shape index (κ3) is 4.32. The summed E-state index contributed by atoms with van der Waals surface area (Å²) >= 11 is 17.6. The number of aromatic nitrogens is 2. The van der Waals surface area contributed by atoms with Gasteiger partial charge in [-0.2, -0.15) is 5.10 Å². The molecule has 2 amide bonds. The van der Waals surface area contributed by atoms with Gasteiger partial charge in [-0.05, 0) is 55.0 Å². The molecule has 2 aromatic carbocycles. The van der Waals surface area contributed by atoms with Crippen molar-refractivity contribution in [3.05, 3.63) is 74.4 Å². The van der Waals surface area contributed by atoms with E-state index < -0.39 is 22.7 Å². The van der Waals surface area contributed by atoms with Gasteiger partial charge < -0.3 is 5.32 Å². The van der Waals surface area contributed by atoms with E-state index in [4.69, 9.17) is 35.4 Å². The van der Waals surface area contributed by atoms with Crippen LogP contribution in [-0.4, -0.2) is 31.6 Å². The van der Waals surface area contributed by atoms with Crippen molar-refractivity contribution in [2.45, 2.75) is 6.42 Å². The Morgan fingerprint density at radius 2 is 1.76 bits per heavy atom. The molecule has 168 valence electrons. The molecule has 1 aliphatic rings. The first-order valence-electron chi connectivity index (χ1n) is 9.58. The molecule has 9 nitrogen and oxygen atoms in total. The summed E-state index contributed by atoms with van der Waals surface area (Å²) in [5.74, 6) is -2.18. The molecule has 0 saturated carbocycles. The summed E-state index contributed by atoms with van der Waals surface area (Å²) in [6.07, 6.45) is -0.0453. The minimum Gasteiger partial charge on any atom is -0.302 e. The van der Waals surface area contributed by atoms with Crippen LogP contribution in [0.15, 0.2) is 48.5 Å². The molecule has 12 heteroatoms. The monoisotopic (exact) mass is 503 g/mol. The lowest BCUT2D eigenvalue weighted by atomic mass is 9.94. The molecule has 0 bridgehead atoms. The van der Waals surface area contributed by atoms with Crippen LogP contribution in [0.3, 0.4) is 0 Å². The van der Waals surface area contributed by atoms with Crippen LogP contribution in [0.5, 0.6) is 0 Å². The van der Waals surface area contributed by atoms with Crippen LogP contribution in [0.25, 0.3) is 11.3 Å². The zero-order valence-corrected chi connectivity index (χ0v) is 19.3. The van der Waals surface area contributed by atoms with E-state index in [1.54, 1.807) is 31.3 Å². The molecule has 1 unspecified atom stereocenters. The van der Waals surface area contributed by atoms with Gasteiger partial charge in [-0.3, -0.25) is 29.3 Å². The molecule has 1 saturated heterocycles. The Labute approximate surface area is 203 Å². The number of nitrogens with zero attached hydrogens (tertiary/aromatic N) is 4. The summed E-state index contributed by atoms with van der Waals surface area (Å²) in [6.45, 7) is 0. The fourth-order valence-corrected chi connectivity index (χ4v) is 4.16. The molecule has 0 radical (unpaired) electrons. The second kappa shape index (κ2) is 8.89. The van der Waals surface area contributed by atoms with Crippen molar-refractivity contribution in [1.29, 1.82) is 0 Å². The number of non-ortho nitro benzene ring substituents is 1. The first kappa shape index (κ1) is 22.8. The molecule has 1 fully saturated rings. The number of carbonyl (C=O) groups excluding carboxylic acids is 2. The standard InChI is InChI=1S/C21H15Cl2N5O4S/c1-26-18(23)15(17(25-26)11-2-6-14(7-3-11)28(31)32)10-16-19(29)24-21(33)27(20(16)30)13-8-4-12(22)5-9-13/h2-9,16H,10H2,1H3,(H,24,29,33). The van der Waals surface area contributed by atoms with Gasteiger partial charge >= 0.3 is 0 Å². The molecule has 4 rings (SSSR count). The van der Waals surface area contributed by atoms with Gasteiger partial charge in [-0.1, -0.05) is 23.2 Å². The molecule has 33 heavy (non-hydrogen) atoms. The largest absolute Gasteiger partial charge is 0.302 e. The topological polar surface area (TPSA) is 110 Å². The summed E-state index contributed by atoms with van der Waals surface area (Å²) in [7, 11) is 1.62. The number of aryl methyl sites for hydroxylation is 1. The number of nitro benzene ring substituents is 1. The minimum absolute atomic E-state index is 0.0311. The van der Waals surface area contributed by atoms with Crippen molar-refractivity contribution < 1.29 is 14.5 Å². The van der Waals surface area contributed by atoms with Crippen molar-refractivity contribution in [2.75, 3.05) is 4.90 Å². The molecule has 3 aromatic rings. The number of thiocarbonyl (C=S) groups is 1. The first-order chi connectivity index (χ1) is 15.7. The lowest BCUT2D eigenvalue weighted by Gasteiger charge is -2.32. The average Bonchev–Trinajstić information content (AvgIpc) is 3.06. The number of hydrogen-bond donors (Lipinski definition) is 1. The maximum absolute atomic E-state index is 13.3. The fourth-order valence-electron chi connectivity index (χ4n) is 3.54. The number of rotatable bonds is 5. The number of halogens is 2. The Morgan fingerprint density at radius 1 is 1.12 bits per heavy atom. The lowest BCUT2D eigenvalue weighted by Crippen LogP contribution is -2.58. The van der Waals surface area contributed by atoms with Crippen molar-refractivity contribution >= 4 is 63.7 Å². The molecule has 1 N–H and O–H groups in total. The van der Waals surface area contributed by atoms with Crippen LogP contribution in [-0.2, 0) is 23.1 Å². The number of carbonyl (C=O) groups is 2. The van der Waals surface area contributed by atoms with Crippen LogP contribution in [0.2, 0.25) is 10.2 Å². The highest BCUT2D eigenvalue weighted by Crippen LogP contribution is 2.33. The van der Waals surface area contributed by atoms with E-state index in [0.717, 1.165) is 0 Å². The van der Waals surface area contributed by atoms with Gasteiger partial charge in [-0.15, -0.1) is 0 Å². The SMILES string of the molecule is Cn1nc(-c2ccc([N+](=O)[O-])cc2)c(CC2C(=O)NC(=S)N(c3ccc(Cl)cc3)C2=O)c1Cl. The molecular formula is C21H15Cl2N5O4S. The number of hydrogen-bond acceptors (Lipinski definition) is 6.